The van der Waals surface area contributed by atoms with Crippen LogP contribution in [0.5, 0.6) is 0 Å². The molecule has 0 unspecified atom stereocenters. The van der Waals surface area contributed by atoms with E-state index in [0.717, 1.165) is 30.4 Å². The number of hydrogen-bond donors (Lipinski definition) is 1. The Balaban J connectivity index is 2.56. The van der Waals surface area contributed by atoms with Gasteiger partial charge >= 0.3 is 0 Å². The highest BCUT2D eigenvalue weighted by molar-refractivity contribution is 5.34. The highest BCUT2D eigenvalue weighted by Crippen LogP contribution is 2.16. The van der Waals surface area contributed by atoms with Crippen molar-refractivity contribution in [3.63, 3.8) is 0 Å². The van der Waals surface area contributed by atoms with Crippen molar-refractivity contribution >= 4 is 5.95 Å². The Labute approximate surface area is 105 Å². The standard InChI is InChI=1S/C12H16FN5/c1-4-8-6-9(5-2)18(17-8)11-10(13)7-15-12(14-3)16-11/h6-7H,4-5H2,1-3H3,(H,14,15,16). The number of halogens is 1. The van der Waals surface area contributed by atoms with Crippen LogP contribution in [0.25, 0.3) is 5.82 Å². The quantitative estimate of drug-likeness (QED) is 0.900. The first-order chi connectivity index (χ1) is 8.69. The minimum atomic E-state index is -0.477. The summed E-state index contributed by atoms with van der Waals surface area (Å²) in [5.41, 5.74) is 1.86. The van der Waals surface area contributed by atoms with Crippen LogP contribution in [0.2, 0.25) is 0 Å². The summed E-state index contributed by atoms with van der Waals surface area (Å²) in [4.78, 5) is 7.95. The second kappa shape index (κ2) is 5.12. The summed E-state index contributed by atoms with van der Waals surface area (Å²) in [7, 11) is 1.69. The maximum atomic E-state index is 13.8. The van der Waals surface area contributed by atoms with Crippen molar-refractivity contribution in [2.75, 3.05) is 12.4 Å². The van der Waals surface area contributed by atoms with Gasteiger partial charge in [0.2, 0.25) is 5.95 Å². The summed E-state index contributed by atoms with van der Waals surface area (Å²) in [5.74, 6) is 0.0855. The molecular weight excluding hydrogens is 233 g/mol. The SMILES string of the molecule is CCc1cc(CC)n(-c2nc(NC)ncc2F)n1. The second-order valence-electron chi connectivity index (χ2n) is 3.86. The molecule has 6 heteroatoms. The largest absolute Gasteiger partial charge is 0.357 e. The van der Waals surface area contributed by atoms with Crippen molar-refractivity contribution in [2.24, 2.45) is 0 Å². The molecule has 2 heterocycles. The van der Waals surface area contributed by atoms with E-state index in [0.29, 0.717) is 5.95 Å². The van der Waals surface area contributed by atoms with Gasteiger partial charge in [0, 0.05) is 12.7 Å². The number of aromatic nitrogens is 4. The van der Waals surface area contributed by atoms with Crippen molar-refractivity contribution in [1.29, 1.82) is 0 Å². The number of nitrogens with one attached hydrogen (secondary N) is 1. The average Bonchev–Trinajstić information content (AvgIpc) is 2.82. The minimum Gasteiger partial charge on any atom is -0.357 e. The van der Waals surface area contributed by atoms with Crippen molar-refractivity contribution < 1.29 is 4.39 Å². The van der Waals surface area contributed by atoms with E-state index in [1.54, 1.807) is 11.7 Å². The molecule has 0 atom stereocenters. The summed E-state index contributed by atoms with van der Waals surface area (Å²) in [5, 5.41) is 7.16. The van der Waals surface area contributed by atoms with Gasteiger partial charge < -0.3 is 5.32 Å². The van der Waals surface area contributed by atoms with Crippen LogP contribution in [-0.2, 0) is 12.8 Å². The molecule has 2 aromatic heterocycles. The number of nitrogens with zero attached hydrogens (tertiary/aromatic N) is 4. The van der Waals surface area contributed by atoms with Gasteiger partial charge in [-0.3, -0.25) is 0 Å². The monoisotopic (exact) mass is 249 g/mol. The lowest BCUT2D eigenvalue weighted by molar-refractivity contribution is 0.588. The van der Waals surface area contributed by atoms with Gasteiger partial charge in [0.05, 0.1) is 11.9 Å². The summed E-state index contributed by atoms with van der Waals surface area (Å²) in [6.45, 7) is 4.02. The van der Waals surface area contributed by atoms with Crippen LogP contribution in [0.1, 0.15) is 25.2 Å². The van der Waals surface area contributed by atoms with Crippen LogP contribution >= 0.6 is 0 Å². The second-order valence-corrected chi connectivity index (χ2v) is 3.86. The molecule has 0 aliphatic heterocycles. The Kier molecular flexibility index (Phi) is 3.55. The first-order valence-corrected chi connectivity index (χ1v) is 5.98. The zero-order valence-electron chi connectivity index (χ0n) is 10.7. The van der Waals surface area contributed by atoms with Gasteiger partial charge in [0.15, 0.2) is 11.6 Å². The van der Waals surface area contributed by atoms with Crippen molar-refractivity contribution in [2.45, 2.75) is 26.7 Å². The number of rotatable bonds is 4. The van der Waals surface area contributed by atoms with E-state index in [9.17, 15) is 4.39 Å². The molecule has 96 valence electrons. The Morgan fingerprint density at radius 2 is 2.11 bits per heavy atom. The van der Waals surface area contributed by atoms with Gasteiger partial charge in [-0.15, -0.1) is 0 Å². The molecule has 0 fully saturated rings. The molecule has 18 heavy (non-hydrogen) atoms. The Hall–Kier alpha value is -1.98. The highest BCUT2D eigenvalue weighted by Gasteiger charge is 2.14. The first-order valence-electron chi connectivity index (χ1n) is 5.98. The van der Waals surface area contributed by atoms with Gasteiger partial charge in [-0.25, -0.2) is 14.1 Å². The first kappa shape index (κ1) is 12.5. The van der Waals surface area contributed by atoms with Crippen molar-refractivity contribution in [3.8, 4) is 5.82 Å². The summed E-state index contributed by atoms with van der Waals surface area (Å²) < 4.78 is 15.4. The van der Waals surface area contributed by atoms with Gasteiger partial charge in [-0.05, 0) is 18.9 Å². The van der Waals surface area contributed by atoms with E-state index in [1.807, 2.05) is 19.9 Å². The van der Waals surface area contributed by atoms with Gasteiger partial charge in [-0.2, -0.15) is 10.1 Å². The van der Waals surface area contributed by atoms with E-state index >= 15 is 0 Å². The molecule has 0 spiro atoms. The topological polar surface area (TPSA) is 55.6 Å². The highest BCUT2D eigenvalue weighted by atomic mass is 19.1. The zero-order valence-corrected chi connectivity index (χ0v) is 10.7. The molecule has 0 aliphatic carbocycles. The third kappa shape index (κ3) is 2.18. The Morgan fingerprint density at radius 1 is 1.33 bits per heavy atom. The molecule has 1 N–H and O–H groups in total. The molecule has 0 radical (unpaired) electrons. The van der Waals surface area contributed by atoms with E-state index in [-0.39, 0.29) is 5.82 Å². The summed E-state index contributed by atoms with van der Waals surface area (Å²) >= 11 is 0. The lowest BCUT2D eigenvalue weighted by atomic mass is 10.2. The number of hydrogen-bond acceptors (Lipinski definition) is 4. The number of aryl methyl sites for hydroxylation is 2. The zero-order chi connectivity index (χ0) is 13.1. The minimum absolute atomic E-state index is 0.186. The lowest BCUT2D eigenvalue weighted by Crippen LogP contribution is -2.09. The van der Waals surface area contributed by atoms with Crippen LogP contribution < -0.4 is 5.32 Å². The van der Waals surface area contributed by atoms with Crippen LogP contribution in [0.15, 0.2) is 12.3 Å². The smallest absolute Gasteiger partial charge is 0.224 e. The van der Waals surface area contributed by atoms with Gasteiger partial charge in [0.25, 0.3) is 0 Å². The molecule has 0 aliphatic rings. The van der Waals surface area contributed by atoms with Crippen LogP contribution in [0.3, 0.4) is 0 Å². The van der Waals surface area contributed by atoms with Crippen LogP contribution in [0, 0.1) is 5.82 Å². The van der Waals surface area contributed by atoms with E-state index in [4.69, 9.17) is 0 Å². The van der Waals surface area contributed by atoms with E-state index in [2.05, 4.69) is 20.4 Å². The van der Waals surface area contributed by atoms with Crippen molar-refractivity contribution in [3.05, 3.63) is 29.5 Å². The maximum Gasteiger partial charge on any atom is 0.224 e. The fourth-order valence-electron chi connectivity index (χ4n) is 1.71. The van der Waals surface area contributed by atoms with Gasteiger partial charge in [-0.1, -0.05) is 13.8 Å². The third-order valence-corrected chi connectivity index (χ3v) is 2.71. The molecule has 0 bridgehead atoms. The van der Waals surface area contributed by atoms with Crippen LogP contribution in [-0.4, -0.2) is 26.8 Å². The molecule has 0 amide bonds. The molecule has 0 aromatic carbocycles. The predicted octanol–water partition coefficient (Wildman–Crippen LogP) is 1.97. The Morgan fingerprint density at radius 3 is 2.72 bits per heavy atom. The molecule has 2 rings (SSSR count). The molecule has 2 aromatic rings. The van der Waals surface area contributed by atoms with Crippen molar-refractivity contribution in [1.82, 2.24) is 19.7 Å². The molecule has 0 saturated heterocycles. The fraction of sp³-hybridized carbons (Fsp3) is 0.417. The third-order valence-electron chi connectivity index (χ3n) is 2.71. The average molecular weight is 249 g/mol. The normalized spacial score (nSPS) is 10.7. The molecule has 5 nitrogen and oxygen atoms in total. The van der Waals surface area contributed by atoms with Crippen LogP contribution in [0.4, 0.5) is 10.3 Å². The summed E-state index contributed by atoms with van der Waals surface area (Å²) in [6.07, 6.45) is 2.73. The predicted molar refractivity (Wildman–Crippen MR) is 67.4 cm³/mol. The number of anilines is 1. The maximum absolute atomic E-state index is 13.8. The lowest BCUT2D eigenvalue weighted by Gasteiger charge is -2.07. The van der Waals surface area contributed by atoms with Gasteiger partial charge in [0.1, 0.15) is 0 Å². The Bertz CT molecular complexity index is 549. The molecule has 0 saturated carbocycles. The van der Waals surface area contributed by atoms with E-state index in [1.165, 1.54) is 0 Å². The van der Waals surface area contributed by atoms with E-state index < -0.39 is 5.82 Å². The summed E-state index contributed by atoms with van der Waals surface area (Å²) in [6, 6.07) is 1.97. The molecular formula is C12H16FN5. The fourth-order valence-corrected chi connectivity index (χ4v) is 1.71.